The zero-order valence-electron chi connectivity index (χ0n) is 6.15. The van der Waals surface area contributed by atoms with Gasteiger partial charge in [0.2, 0.25) is 0 Å². The summed E-state index contributed by atoms with van der Waals surface area (Å²) < 4.78 is 0. The van der Waals surface area contributed by atoms with Gasteiger partial charge in [0.15, 0.2) is 0 Å². The summed E-state index contributed by atoms with van der Waals surface area (Å²) in [5.41, 5.74) is 0. The molecule has 0 atom stereocenters. The average Bonchev–Trinajstić information content (AvgIpc) is 1.67. The highest BCUT2D eigenvalue weighted by Crippen LogP contribution is 2.26. The minimum atomic E-state index is -0.312. The van der Waals surface area contributed by atoms with Gasteiger partial charge in [0.05, 0.1) is 8.80 Å². The lowest BCUT2D eigenvalue weighted by molar-refractivity contribution is 0.254. The zero-order valence-corrected chi connectivity index (χ0v) is 7.15. The molecular weight excluding hydrogens is 116 g/mol. The molecule has 1 N–H and O–H groups in total. The van der Waals surface area contributed by atoms with E-state index in [1.807, 2.05) is 0 Å². The van der Waals surface area contributed by atoms with E-state index in [4.69, 9.17) is 5.11 Å². The fourth-order valence-corrected chi connectivity index (χ4v) is 0.474. The Morgan fingerprint density at radius 2 is 1.75 bits per heavy atom. The highest BCUT2D eigenvalue weighted by Gasteiger charge is 2.21. The lowest BCUT2D eigenvalue weighted by Gasteiger charge is -2.24. The summed E-state index contributed by atoms with van der Waals surface area (Å²) in [5, 5.41) is 8.99. The molecule has 0 rings (SSSR count). The van der Waals surface area contributed by atoms with Crippen LogP contribution in [0.2, 0.25) is 18.1 Å². The third kappa shape index (κ3) is 1.97. The van der Waals surface area contributed by atoms with Crippen LogP contribution in [0, 0.1) is 0 Å². The number of hydrogen-bond donors (Lipinski definition) is 1. The third-order valence-corrected chi connectivity index (χ3v) is 4.61. The molecule has 0 aliphatic heterocycles. The number of aliphatic hydroxyl groups is 1. The summed E-state index contributed by atoms with van der Waals surface area (Å²) in [7, 11) is -0.312. The molecule has 1 nitrogen and oxygen atoms in total. The second-order valence-corrected chi connectivity index (χ2v) is 6.40. The summed E-state index contributed by atoms with van der Waals surface area (Å²) >= 11 is 0. The second kappa shape index (κ2) is 2.64. The molecule has 0 aromatic heterocycles. The normalized spacial score (nSPS) is 12.8. The van der Waals surface area contributed by atoms with Crippen molar-refractivity contribution in [3.05, 3.63) is 0 Å². The first kappa shape index (κ1) is 8.18. The maximum Gasteiger partial charge on any atom is 0.0503 e. The predicted molar refractivity (Wildman–Crippen MR) is 38.6 cm³/mol. The number of aliphatic hydroxyl groups excluding tert-OH is 1. The van der Waals surface area contributed by atoms with Crippen molar-refractivity contribution >= 4 is 8.80 Å². The Labute approximate surface area is 53.3 Å². The lowest BCUT2D eigenvalue weighted by atomic mass is 10.2. The zero-order chi connectivity index (χ0) is 6.78. The van der Waals surface area contributed by atoms with Crippen molar-refractivity contribution in [2.75, 3.05) is 6.61 Å². The molecule has 2 heteroatoms. The molecule has 0 spiro atoms. The molecule has 0 aromatic rings. The Bertz CT molecular complexity index is 68.9. The molecule has 0 fully saturated rings. The fraction of sp³-hybridized carbons (Fsp3) is 1.00. The Morgan fingerprint density at radius 3 is 1.75 bits per heavy atom. The van der Waals surface area contributed by atoms with Crippen LogP contribution in [-0.2, 0) is 0 Å². The van der Waals surface area contributed by atoms with Crippen LogP contribution in [-0.4, -0.2) is 20.5 Å². The predicted octanol–water partition coefficient (Wildman–Crippen LogP) is 1.51. The van der Waals surface area contributed by atoms with Crippen LogP contribution >= 0.6 is 0 Å². The number of rotatable bonds is 2. The first-order valence-corrected chi connectivity index (χ1v) is 5.42. The van der Waals surface area contributed by atoms with Crippen LogP contribution in [0.5, 0.6) is 0 Å². The molecule has 1 radical (unpaired) electrons. The standard InChI is InChI=1S/C6H15OSi/c1-6(2,5-7)8(3)4/h7H,5H2,1-4H3. The highest BCUT2D eigenvalue weighted by molar-refractivity contribution is 6.59. The minimum Gasteiger partial charge on any atom is -0.396 e. The van der Waals surface area contributed by atoms with E-state index in [9.17, 15) is 0 Å². The second-order valence-electron chi connectivity index (χ2n) is 3.04. The average molecular weight is 131 g/mol. The van der Waals surface area contributed by atoms with E-state index in [1.165, 1.54) is 0 Å². The first-order valence-electron chi connectivity index (χ1n) is 2.92. The summed E-state index contributed by atoms with van der Waals surface area (Å²) in [6.45, 7) is 9.00. The van der Waals surface area contributed by atoms with Crippen LogP contribution in [0.25, 0.3) is 0 Å². The fourth-order valence-electron chi connectivity index (χ4n) is 0.158. The largest absolute Gasteiger partial charge is 0.396 e. The Morgan fingerprint density at radius 1 is 1.38 bits per heavy atom. The van der Waals surface area contributed by atoms with Gasteiger partial charge >= 0.3 is 0 Å². The van der Waals surface area contributed by atoms with Crippen LogP contribution in [0.4, 0.5) is 0 Å². The van der Waals surface area contributed by atoms with Gasteiger partial charge in [-0.1, -0.05) is 26.9 Å². The van der Waals surface area contributed by atoms with E-state index in [-0.39, 0.29) is 13.8 Å². The molecule has 0 aliphatic rings. The Hall–Kier alpha value is 0.177. The van der Waals surface area contributed by atoms with Crippen molar-refractivity contribution in [2.24, 2.45) is 0 Å². The number of hydrogen-bond acceptors (Lipinski definition) is 1. The minimum absolute atomic E-state index is 0.199. The molecule has 8 heavy (non-hydrogen) atoms. The van der Waals surface area contributed by atoms with Crippen LogP contribution in [0.1, 0.15) is 13.8 Å². The van der Waals surface area contributed by atoms with E-state index < -0.39 is 0 Å². The molecule has 0 aromatic carbocycles. The van der Waals surface area contributed by atoms with Gasteiger partial charge < -0.3 is 5.11 Å². The van der Waals surface area contributed by atoms with E-state index >= 15 is 0 Å². The van der Waals surface area contributed by atoms with Gasteiger partial charge in [0.1, 0.15) is 0 Å². The quantitative estimate of drug-likeness (QED) is 0.563. The third-order valence-electron chi connectivity index (χ3n) is 1.75. The molecular formula is C6H15OSi. The maximum atomic E-state index is 8.79. The monoisotopic (exact) mass is 131 g/mol. The SMILES string of the molecule is C[Si](C)C(C)(C)CO. The van der Waals surface area contributed by atoms with Gasteiger partial charge in [-0.05, 0) is 5.04 Å². The van der Waals surface area contributed by atoms with E-state index in [1.54, 1.807) is 0 Å². The molecule has 0 saturated carbocycles. The highest BCUT2D eigenvalue weighted by atomic mass is 28.3. The van der Waals surface area contributed by atoms with Gasteiger partial charge in [-0.3, -0.25) is 0 Å². The van der Waals surface area contributed by atoms with Crippen molar-refractivity contribution < 1.29 is 5.11 Å². The van der Waals surface area contributed by atoms with Gasteiger partial charge in [-0.25, -0.2) is 0 Å². The van der Waals surface area contributed by atoms with E-state index in [2.05, 4.69) is 26.9 Å². The Kier molecular flexibility index (Phi) is 2.70. The van der Waals surface area contributed by atoms with Crippen LogP contribution < -0.4 is 0 Å². The topological polar surface area (TPSA) is 20.2 Å². The van der Waals surface area contributed by atoms with E-state index in [0.717, 1.165) is 0 Å². The molecule has 0 unspecified atom stereocenters. The van der Waals surface area contributed by atoms with Crippen molar-refractivity contribution in [2.45, 2.75) is 32.0 Å². The molecule has 0 aliphatic carbocycles. The molecule has 0 heterocycles. The maximum absolute atomic E-state index is 8.79. The van der Waals surface area contributed by atoms with Crippen molar-refractivity contribution in [1.29, 1.82) is 0 Å². The van der Waals surface area contributed by atoms with Gasteiger partial charge in [0.25, 0.3) is 0 Å². The van der Waals surface area contributed by atoms with Crippen LogP contribution in [0.15, 0.2) is 0 Å². The van der Waals surface area contributed by atoms with Crippen molar-refractivity contribution in [1.82, 2.24) is 0 Å². The lowest BCUT2D eigenvalue weighted by Crippen LogP contribution is -2.24. The summed E-state index contributed by atoms with van der Waals surface area (Å²) in [5.74, 6) is 0. The Balaban J connectivity index is 3.71. The van der Waals surface area contributed by atoms with Gasteiger partial charge in [0, 0.05) is 6.61 Å². The first-order chi connectivity index (χ1) is 3.50. The molecule has 0 amide bonds. The van der Waals surface area contributed by atoms with E-state index in [0.29, 0.717) is 6.61 Å². The molecule has 0 saturated heterocycles. The van der Waals surface area contributed by atoms with Crippen LogP contribution in [0.3, 0.4) is 0 Å². The summed E-state index contributed by atoms with van der Waals surface area (Å²) in [4.78, 5) is 0. The van der Waals surface area contributed by atoms with Gasteiger partial charge in [-0.2, -0.15) is 0 Å². The summed E-state index contributed by atoms with van der Waals surface area (Å²) in [6, 6.07) is 0. The smallest absolute Gasteiger partial charge is 0.0503 e. The van der Waals surface area contributed by atoms with Crippen molar-refractivity contribution in [3.63, 3.8) is 0 Å². The molecule has 0 bridgehead atoms. The van der Waals surface area contributed by atoms with Crippen molar-refractivity contribution in [3.8, 4) is 0 Å². The molecule has 49 valence electrons. The summed E-state index contributed by atoms with van der Waals surface area (Å²) in [6.07, 6.45) is 0. The van der Waals surface area contributed by atoms with Gasteiger partial charge in [-0.15, -0.1) is 0 Å².